The summed E-state index contributed by atoms with van der Waals surface area (Å²) in [6.45, 7) is 8.72. The Hall–Kier alpha value is -1.10. The number of carbonyl (C=O) groups is 2. The Bertz CT molecular complexity index is 234. The number of carbonyl (C=O) groups excluding carboxylic acids is 2. The minimum atomic E-state index is -0.180. The Labute approximate surface area is 116 Å². The molecule has 112 valence electrons. The fourth-order valence-electron chi connectivity index (χ4n) is 1.68. The summed E-state index contributed by atoms with van der Waals surface area (Å²) in [5.74, 6) is -0.361. The molecule has 0 unspecified atom stereocenters. The highest BCUT2D eigenvalue weighted by Gasteiger charge is 2.11. The first-order valence-electron chi connectivity index (χ1n) is 7.17. The lowest BCUT2D eigenvalue weighted by Crippen LogP contribution is -2.30. The molecule has 0 fully saturated rings. The first-order valence-corrected chi connectivity index (χ1v) is 7.17. The van der Waals surface area contributed by atoms with Gasteiger partial charge >= 0.3 is 11.9 Å². The molecule has 0 aliphatic rings. The van der Waals surface area contributed by atoms with Crippen molar-refractivity contribution in [2.24, 2.45) is 0 Å². The minimum absolute atomic E-state index is 0.180. The summed E-state index contributed by atoms with van der Waals surface area (Å²) in [6, 6.07) is 0. The average molecular weight is 273 g/mol. The van der Waals surface area contributed by atoms with E-state index >= 15 is 0 Å². The van der Waals surface area contributed by atoms with E-state index in [1.54, 1.807) is 13.8 Å². The van der Waals surface area contributed by atoms with Gasteiger partial charge < -0.3 is 14.4 Å². The highest BCUT2D eigenvalue weighted by molar-refractivity contribution is 5.70. The zero-order valence-corrected chi connectivity index (χ0v) is 12.4. The maximum Gasteiger partial charge on any atom is 0.307 e. The normalized spacial score (nSPS) is 10.5. The van der Waals surface area contributed by atoms with Gasteiger partial charge in [0.25, 0.3) is 0 Å². The smallest absolute Gasteiger partial charge is 0.307 e. The van der Waals surface area contributed by atoms with E-state index in [0.717, 1.165) is 19.4 Å². The molecule has 0 saturated heterocycles. The van der Waals surface area contributed by atoms with Gasteiger partial charge in [0.15, 0.2) is 0 Å². The van der Waals surface area contributed by atoms with Crippen molar-refractivity contribution in [3.63, 3.8) is 0 Å². The molecule has 19 heavy (non-hydrogen) atoms. The molecule has 0 radical (unpaired) electrons. The molecule has 0 heterocycles. The standard InChI is InChI=1S/C14H27NO4/c1-4-7-10-15(11-8-13(16)18-5-2)12-9-14(17)19-6-3/h4-12H2,1-3H3. The van der Waals surface area contributed by atoms with Crippen LogP contribution in [0.15, 0.2) is 0 Å². The summed E-state index contributed by atoms with van der Waals surface area (Å²) < 4.78 is 9.81. The van der Waals surface area contributed by atoms with Crippen LogP contribution >= 0.6 is 0 Å². The van der Waals surface area contributed by atoms with E-state index in [1.165, 1.54) is 0 Å². The van der Waals surface area contributed by atoms with Crippen LogP contribution in [0.1, 0.15) is 46.5 Å². The third kappa shape index (κ3) is 10.5. The lowest BCUT2D eigenvalue weighted by atomic mass is 10.2. The summed E-state index contributed by atoms with van der Waals surface area (Å²) in [7, 11) is 0. The molecule has 0 aromatic carbocycles. The summed E-state index contributed by atoms with van der Waals surface area (Å²) in [4.78, 5) is 24.8. The molecule has 0 aliphatic carbocycles. The number of esters is 2. The van der Waals surface area contributed by atoms with Crippen LogP contribution in [0.4, 0.5) is 0 Å². The second kappa shape index (κ2) is 12.0. The van der Waals surface area contributed by atoms with Gasteiger partial charge in [-0.05, 0) is 26.8 Å². The van der Waals surface area contributed by atoms with E-state index in [1.807, 2.05) is 0 Å². The summed E-state index contributed by atoms with van der Waals surface area (Å²) >= 11 is 0. The van der Waals surface area contributed by atoms with Crippen LogP contribution in [0.5, 0.6) is 0 Å². The third-order valence-electron chi connectivity index (χ3n) is 2.70. The van der Waals surface area contributed by atoms with Crippen LogP contribution in [-0.2, 0) is 19.1 Å². The molecule has 0 saturated carbocycles. The van der Waals surface area contributed by atoms with E-state index in [4.69, 9.17) is 9.47 Å². The molecule has 0 N–H and O–H groups in total. The van der Waals surface area contributed by atoms with Crippen LogP contribution in [0, 0.1) is 0 Å². The average Bonchev–Trinajstić information content (AvgIpc) is 2.38. The van der Waals surface area contributed by atoms with Crippen LogP contribution < -0.4 is 0 Å². The Balaban J connectivity index is 4.00. The van der Waals surface area contributed by atoms with Gasteiger partial charge in [-0.25, -0.2) is 0 Å². The van der Waals surface area contributed by atoms with Crippen LogP contribution in [0.3, 0.4) is 0 Å². The minimum Gasteiger partial charge on any atom is -0.466 e. The van der Waals surface area contributed by atoms with E-state index in [0.29, 0.717) is 39.1 Å². The molecule has 0 bridgehead atoms. The molecule has 0 aromatic rings. The van der Waals surface area contributed by atoms with Crippen molar-refractivity contribution in [3.8, 4) is 0 Å². The number of hydrogen-bond acceptors (Lipinski definition) is 5. The van der Waals surface area contributed by atoms with Crippen molar-refractivity contribution in [2.45, 2.75) is 46.5 Å². The predicted octanol–water partition coefficient (Wildman–Crippen LogP) is 1.99. The van der Waals surface area contributed by atoms with Crippen LogP contribution in [0.2, 0.25) is 0 Å². The fourth-order valence-corrected chi connectivity index (χ4v) is 1.68. The van der Waals surface area contributed by atoms with E-state index in [-0.39, 0.29) is 11.9 Å². The van der Waals surface area contributed by atoms with Gasteiger partial charge in [-0.2, -0.15) is 0 Å². The van der Waals surface area contributed by atoms with Gasteiger partial charge in [-0.15, -0.1) is 0 Å². The topological polar surface area (TPSA) is 55.8 Å². The van der Waals surface area contributed by atoms with E-state index in [2.05, 4.69) is 11.8 Å². The summed E-state index contributed by atoms with van der Waals surface area (Å²) in [5, 5.41) is 0. The molecule has 0 aromatic heterocycles. The highest BCUT2D eigenvalue weighted by Crippen LogP contribution is 2.01. The first kappa shape index (κ1) is 17.9. The van der Waals surface area contributed by atoms with Gasteiger partial charge in [-0.3, -0.25) is 9.59 Å². The van der Waals surface area contributed by atoms with Crippen molar-refractivity contribution < 1.29 is 19.1 Å². The third-order valence-corrected chi connectivity index (χ3v) is 2.70. The first-order chi connectivity index (χ1) is 9.13. The van der Waals surface area contributed by atoms with Gasteiger partial charge in [-0.1, -0.05) is 13.3 Å². The highest BCUT2D eigenvalue weighted by atomic mass is 16.5. The lowest BCUT2D eigenvalue weighted by Gasteiger charge is -2.21. The number of unbranched alkanes of at least 4 members (excludes halogenated alkanes) is 1. The van der Waals surface area contributed by atoms with Crippen molar-refractivity contribution in [3.05, 3.63) is 0 Å². The molecule has 0 atom stereocenters. The number of nitrogens with zero attached hydrogens (tertiary/aromatic N) is 1. The quantitative estimate of drug-likeness (QED) is 0.539. The van der Waals surface area contributed by atoms with E-state index < -0.39 is 0 Å². The lowest BCUT2D eigenvalue weighted by molar-refractivity contribution is -0.143. The Morgan fingerprint density at radius 3 is 1.68 bits per heavy atom. The van der Waals surface area contributed by atoms with Crippen LogP contribution in [0.25, 0.3) is 0 Å². The SMILES string of the molecule is CCCCN(CCC(=O)OCC)CCC(=O)OCC. The largest absolute Gasteiger partial charge is 0.466 e. The van der Waals surface area contributed by atoms with Crippen molar-refractivity contribution in [1.82, 2.24) is 4.90 Å². The van der Waals surface area contributed by atoms with Gasteiger partial charge in [0.1, 0.15) is 0 Å². The molecular formula is C14H27NO4. The monoisotopic (exact) mass is 273 g/mol. The zero-order valence-electron chi connectivity index (χ0n) is 12.4. The van der Waals surface area contributed by atoms with Gasteiger partial charge in [0.05, 0.1) is 26.1 Å². The van der Waals surface area contributed by atoms with Crippen LogP contribution in [-0.4, -0.2) is 49.7 Å². The Morgan fingerprint density at radius 1 is 0.842 bits per heavy atom. The summed E-state index contributed by atoms with van der Waals surface area (Å²) in [6.07, 6.45) is 2.90. The zero-order chi connectivity index (χ0) is 14.5. The van der Waals surface area contributed by atoms with Crippen molar-refractivity contribution in [1.29, 1.82) is 0 Å². The molecular weight excluding hydrogens is 246 g/mol. The molecule has 5 nitrogen and oxygen atoms in total. The van der Waals surface area contributed by atoms with Crippen molar-refractivity contribution in [2.75, 3.05) is 32.8 Å². The Kier molecular flexibility index (Phi) is 11.3. The van der Waals surface area contributed by atoms with Gasteiger partial charge in [0.2, 0.25) is 0 Å². The maximum absolute atomic E-state index is 11.3. The molecule has 0 rings (SSSR count). The number of hydrogen-bond donors (Lipinski definition) is 0. The molecule has 0 aliphatic heterocycles. The maximum atomic E-state index is 11.3. The number of rotatable bonds is 11. The number of ether oxygens (including phenoxy) is 2. The molecule has 0 spiro atoms. The van der Waals surface area contributed by atoms with Crippen molar-refractivity contribution >= 4 is 11.9 Å². The second-order valence-electron chi connectivity index (χ2n) is 4.31. The predicted molar refractivity (Wildman–Crippen MR) is 73.8 cm³/mol. The molecule has 0 amide bonds. The van der Waals surface area contributed by atoms with E-state index in [9.17, 15) is 9.59 Å². The second-order valence-corrected chi connectivity index (χ2v) is 4.31. The molecule has 5 heteroatoms. The summed E-state index contributed by atoms with van der Waals surface area (Å²) in [5.41, 5.74) is 0. The van der Waals surface area contributed by atoms with Gasteiger partial charge in [0, 0.05) is 13.1 Å². The Morgan fingerprint density at radius 2 is 1.32 bits per heavy atom. The fraction of sp³-hybridized carbons (Fsp3) is 0.857.